The Balaban J connectivity index is 3.06. The van der Waals surface area contributed by atoms with Crippen LogP contribution in [0.15, 0.2) is 12.2 Å². The quantitative estimate of drug-likeness (QED) is 0.0532. The molecule has 0 heterocycles. The standard InChI is InChI=1S/C40H76O4/c41-39(42)37-35-33-31-29-27-25-23-21-19-17-15-13-11-9-7-5-3-1-2-4-6-8-10-12-14-16-18-20-22-24-26-28-30-32-34-36-38-40(43)44/h35,37H,1-34,36,38H2,(H,41,42)(H,43,44). The molecule has 0 aliphatic carbocycles. The first-order valence-electron chi connectivity index (χ1n) is 19.7. The summed E-state index contributed by atoms with van der Waals surface area (Å²) in [7, 11) is 0. The number of allylic oxidation sites excluding steroid dienone is 1. The van der Waals surface area contributed by atoms with Gasteiger partial charge < -0.3 is 10.2 Å². The molecule has 0 saturated carbocycles. The third-order valence-electron chi connectivity index (χ3n) is 9.27. The molecule has 0 amide bonds. The Kier molecular flexibility index (Phi) is 36.7. The third kappa shape index (κ3) is 40.7. The van der Waals surface area contributed by atoms with Gasteiger partial charge in [0.25, 0.3) is 0 Å². The molecule has 0 bridgehead atoms. The van der Waals surface area contributed by atoms with Gasteiger partial charge in [0.05, 0.1) is 0 Å². The molecule has 2 N–H and O–H groups in total. The summed E-state index contributed by atoms with van der Waals surface area (Å²) in [5.74, 6) is -1.49. The summed E-state index contributed by atoms with van der Waals surface area (Å²) in [6.45, 7) is 0. The van der Waals surface area contributed by atoms with Crippen LogP contribution in [0.3, 0.4) is 0 Å². The minimum atomic E-state index is -0.833. The summed E-state index contributed by atoms with van der Waals surface area (Å²) >= 11 is 0. The fourth-order valence-corrected chi connectivity index (χ4v) is 6.38. The average Bonchev–Trinajstić information content (AvgIpc) is 3.00. The molecule has 0 radical (unpaired) electrons. The normalized spacial score (nSPS) is 11.5. The van der Waals surface area contributed by atoms with E-state index in [0.29, 0.717) is 6.42 Å². The van der Waals surface area contributed by atoms with E-state index in [-0.39, 0.29) is 0 Å². The predicted octanol–water partition coefficient (Wildman–Crippen LogP) is 13.8. The van der Waals surface area contributed by atoms with Crippen LogP contribution >= 0.6 is 0 Å². The fourth-order valence-electron chi connectivity index (χ4n) is 6.38. The van der Waals surface area contributed by atoms with Crippen molar-refractivity contribution in [3.63, 3.8) is 0 Å². The number of unbranched alkanes of at least 4 members (excludes halogenated alkanes) is 34. The van der Waals surface area contributed by atoms with Crippen LogP contribution in [0.25, 0.3) is 0 Å². The van der Waals surface area contributed by atoms with Crippen molar-refractivity contribution in [3.8, 4) is 0 Å². The Morgan fingerprint density at radius 3 is 0.727 bits per heavy atom. The second-order valence-electron chi connectivity index (χ2n) is 13.7. The molecule has 4 heteroatoms. The summed E-state index contributed by atoms with van der Waals surface area (Å²) in [5, 5.41) is 17.2. The highest BCUT2D eigenvalue weighted by molar-refractivity contribution is 5.79. The molecule has 0 aromatic rings. The summed E-state index contributed by atoms with van der Waals surface area (Å²) in [6.07, 6.45) is 50.7. The van der Waals surface area contributed by atoms with Crippen molar-refractivity contribution in [2.24, 2.45) is 0 Å². The molecule has 0 atom stereocenters. The lowest BCUT2D eigenvalue weighted by Crippen LogP contribution is -1.93. The molecule has 44 heavy (non-hydrogen) atoms. The molecule has 0 fully saturated rings. The Bertz CT molecular complexity index is 614. The number of aliphatic carboxylic acids is 2. The largest absolute Gasteiger partial charge is 0.481 e. The van der Waals surface area contributed by atoms with Gasteiger partial charge in [0, 0.05) is 12.5 Å². The second-order valence-corrected chi connectivity index (χ2v) is 13.7. The van der Waals surface area contributed by atoms with Gasteiger partial charge in [-0.15, -0.1) is 0 Å². The molecule has 0 spiro atoms. The van der Waals surface area contributed by atoms with Gasteiger partial charge in [-0.25, -0.2) is 4.79 Å². The van der Waals surface area contributed by atoms with Crippen molar-refractivity contribution in [1.29, 1.82) is 0 Å². The fraction of sp³-hybridized carbons (Fsp3) is 0.900. The summed E-state index contributed by atoms with van der Waals surface area (Å²) in [4.78, 5) is 20.9. The van der Waals surface area contributed by atoms with Gasteiger partial charge in [-0.2, -0.15) is 0 Å². The van der Waals surface area contributed by atoms with Crippen LogP contribution in [0.2, 0.25) is 0 Å². The van der Waals surface area contributed by atoms with E-state index in [1.165, 1.54) is 205 Å². The van der Waals surface area contributed by atoms with Crippen molar-refractivity contribution in [3.05, 3.63) is 12.2 Å². The van der Waals surface area contributed by atoms with Gasteiger partial charge in [0.2, 0.25) is 0 Å². The zero-order valence-corrected chi connectivity index (χ0v) is 29.3. The highest BCUT2D eigenvalue weighted by Gasteiger charge is 1.99. The minimum Gasteiger partial charge on any atom is -0.481 e. The predicted molar refractivity (Wildman–Crippen MR) is 191 cm³/mol. The number of carbonyl (C=O) groups is 2. The molecular formula is C40H76O4. The maximum atomic E-state index is 10.5. The van der Waals surface area contributed by atoms with Gasteiger partial charge in [-0.1, -0.05) is 212 Å². The molecule has 0 aliphatic heterocycles. The number of carboxylic acid groups (broad SMARTS) is 2. The molecule has 260 valence electrons. The summed E-state index contributed by atoms with van der Waals surface area (Å²) in [5.41, 5.74) is 0. The van der Waals surface area contributed by atoms with E-state index in [2.05, 4.69) is 0 Å². The topological polar surface area (TPSA) is 74.6 Å². The summed E-state index contributed by atoms with van der Waals surface area (Å²) in [6, 6.07) is 0. The van der Waals surface area contributed by atoms with E-state index >= 15 is 0 Å². The monoisotopic (exact) mass is 621 g/mol. The first-order valence-corrected chi connectivity index (χ1v) is 19.7. The van der Waals surface area contributed by atoms with Gasteiger partial charge in [-0.3, -0.25) is 4.79 Å². The smallest absolute Gasteiger partial charge is 0.327 e. The Morgan fingerprint density at radius 2 is 0.523 bits per heavy atom. The van der Waals surface area contributed by atoms with Crippen LogP contribution in [0.4, 0.5) is 0 Å². The average molecular weight is 621 g/mol. The van der Waals surface area contributed by atoms with Crippen molar-refractivity contribution in [2.45, 2.75) is 231 Å². The molecule has 0 unspecified atom stereocenters. The molecule has 0 aromatic carbocycles. The van der Waals surface area contributed by atoms with Gasteiger partial charge in [0.15, 0.2) is 0 Å². The van der Waals surface area contributed by atoms with Crippen molar-refractivity contribution < 1.29 is 19.8 Å². The van der Waals surface area contributed by atoms with Crippen LogP contribution < -0.4 is 0 Å². The van der Waals surface area contributed by atoms with Crippen LogP contribution in [0, 0.1) is 0 Å². The van der Waals surface area contributed by atoms with E-state index in [1.807, 2.05) is 0 Å². The maximum absolute atomic E-state index is 10.5. The molecule has 0 saturated heterocycles. The third-order valence-corrected chi connectivity index (χ3v) is 9.27. The molecule has 0 aliphatic rings. The van der Waals surface area contributed by atoms with Crippen LogP contribution in [-0.4, -0.2) is 22.2 Å². The SMILES string of the molecule is O=C(O)C=CCCCCCCCCCCCCCCCCCCCCCCCCCCCCCCCCCCCCC(=O)O. The Hall–Kier alpha value is -1.32. The maximum Gasteiger partial charge on any atom is 0.327 e. The molecular weight excluding hydrogens is 544 g/mol. The van der Waals surface area contributed by atoms with Crippen LogP contribution in [-0.2, 0) is 9.59 Å². The minimum absolute atomic E-state index is 0.340. The van der Waals surface area contributed by atoms with Crippen LogP contribution in [0.1, 0.15) is 231 Å². The van der Waals surface area contributed by atoms with E-state index in [0.717, 1.165) is 25.7 Å². The van der Waals surface area contributed by atoms with E-state index in [9.17, 15) is 9.59 Å². The highest BCUT2D eigenvalue weighted by Crippen LogP contribution is 2.17. The zero-order chi connectivity index (χ0) is 32.0. The van der Waals surface area contributed by atoms with Gasteiger partial charge in [-0.05, 0) is 19.3 Å². The Labute approximate surface area is 274 Å². The second kappa shape index (κ2) is 37.9. The highest BCUT2D eigenvalue weighted by atomic mass is 16.4. The van der Waals surface area contributed by atoms with Gasteiger partial charge >= 0.3 is 11.9 Å². The number of hydrogen-bond acceptors (Lipinski definition) is 2. The molecule has 0 aromatic heterocycles. The van der Waals surface area contributed by atoms with Crippen molar-refractivity contribution in [1.82, 2.24) is 0 Å². The Morgan fingerprint density at radius 1 is 0.318 bits per heavy atom. The number of hydrogen-bond donors (Lipinski definition) is 2. The lowest BCUT2D eigenvalue weighted by atomic mass is 10.0. The first-order chi connectivity index (χ1) is 21.6. The van der Waals surface area contributed by atoms with E-state index in [4.69, 9.17) is 10.2 Å². The van der Waals surface area contributed by atoms with E-state index in [1.54, 1.807) is 6.08 Å². The van der Waals surface area contributed by atoms with Crippen LogP contribution in [0.5, 0.6) is 0 Å². The van der Waals surface area contributed by atoms with Crippen molar-refractivity contribution >= 4 is 11.9 Å². The van der Waals surface area contributed by atoms with Gasteiger partial charge in [0.1, 0.15) is 0 Å². The lowest BCUT2D eigenvalue weighted by molar-refractivity contribution is -0.137. The summed E-state index contributed by atoms with van der Waals surface area (Å²) < 4.78 is 0. The van der Waals surface area contributed by atoms with E-state index < -0.39 is 11.9 Å². The molecule has 0 rings (SSSR count). The number of rotatable bonds is 38. The van der Waals surface area contributed by atoms with Crippen molar-refractivity contribution in [2.75, 3.05) is 0 Å². The zero-order valence-electron chi connectivity index (χ0n) is 29.3. The number of carboxylic acids is 2. The first kappa shape index (κ1) is 42.7. The molecule has 4 nitrogen and oxygen atoms in total. The lowest BCUT2D eigenvalue weighted by Gasteiger charge is -2.05.